The summed E-state index contributed by atoms with van der Waals surface area (Å²) in [5.74, 6) is -2.55. The van der Waals surface area contributed by atoms with E-state index in [0.29, 0.717) is 0 Å². The molecule has 0 saturated carbocycles. The van der Waals surface area contributed by atoms with E-state index in [2.05, 4.69) is 0 Å². The molecule has 0 bridgehead atoms. The fraction of sp³-hybridized carbons (Fsp3) is 0.143. The minimum Gasteiger partial charge on any atom is -0.511 e. The van der Waals surface area contributed by atoms with E-state index in [9.17, 15) is 46.8 Å². The van der Waals surface area contributed by atoms with Crippen LogP contribution in [0.1, 0.15) is 17.5 Å². The number of allylic oxidation sites excluding steroid dienone is 5. The van der Waals surface area contributed by atoms with Crippen molar-refractivity contribution >= 4 is 11.1 Å². The molecule has 0 spiro atoms. The molecule has 1 aliphatic carbocycles. The average Bonchev–Trinajstić information content (AvgIpc) is 2.64. The summed E-state index contributed by atoms with van der Waals surface area (Å²) in [6, 6.07) is 9.51. The Morgan fingerprint density at radius 1 is 0.613 bits per heavy atom. The summed E-state index contributed by atoms with van der Waals surface area (Å²) in [6.45, 7) is 0. The highest BCUT2D eigenvalue weighted by molar-refractivity contribution is 6.08. The molecule has 1 aliphatic rings. The molecular weight excluding hydrogens is 430 g/mol. The molecule has 0 saturated heterocycles. The Balaban J connectivity index is 2.39. The topological polar surface area (TPSA) is 80.9 Å². The van der Waals surface area contributed by atoms with E-state index in [4.69, 9.17) is 0 Å². The second kappa shape index (κ2) is 7.60. The van der Waals surface area contributed by atoms with Crippen molar-refractivity contribution in [2.45, 2.75) is 18.8 Å². The second-order valence-corrected chi connectivity index (χ2v) is 6.66. The maximum atomic E-state index is 13.3. The lowest BCUT2D eigenvalue weighted by Gasteiger charge is -2.27. The predicted molar refractivity (Wildman–Crippen MR) is 99.1 cm³/mol. The number of halogens is 6. The van der Waals surface area contributed by atoms with Crippen molar-refractivity contribution in [2.75, 3.05) is 0 Å². The molecule has 0 fully saturated rings. The first-order valence-corrected chi connectivity index (χ1v) is 8.63. The van der Waals surface area contributed by atoms with Crippen LogP contribution in [0, 0.1) is 0 Å². The molecule has 0 unspecified atom stereocenters. The molecule has 4 nitrogen and oxygen atoms in total. The molecular formula is C21H14F6O4. The standard InChI is InChI=1S/C21H14F6O4/c22-20(23,24)19(21(25,26)27)14-9-15(30)16(10-1-5-12(28)6-2-10)17(18(14)31)11-3-7-13(29)8-4-11/h1-8,28-31H,9H2. The van der Waals surface area contributed by atoms with Crippen molar-refractivity contribution in [3.8, 4) is 11.5 Å². The summed E-state index contributed by atoms with van der Waals surface area (Å²) >= 11 is 0. The fourth-order valence-electron chi connectivity index (χ4n) is 3.31. The van der Waals surface area contributed by atoms with Gasteiger partial charge in [0, 0.05) is 23.1 Å². The van der Waals surface area contributed by atoms with E-state index in [0.717, 1.165) is 12.1 Å². The van der Waals surface area contributed by atoms with Crippen molar-refractivity contribution in [1.29, 1.82) is 0 Å². The Morgan fingerprint density at radius 2 is 1.00 bits per heavy atom. The molecule has 0 radical (unpaired) electrons. The molecule has 0 amide bonds. The van der Waals surface area contributed by atoms with Gasteiger partial charge in [-0.3, -0.25) is 0 Å². The SMILES string of the molecule is OC1=C(c2ccc(O)cc2)C(c2ccc(O)cc2)=C(O)C(=C(C(F)(F)F)C(F)(F)F)C1. The normalized spacial score (nSPS) is 15.5. The molecule has 2 aromatic carbocycles. The number of phenolic OH excluding ortho intramolecular Hbond substituents is 2. The van der Waals surface area contributed by atoms with Crippen LogP contribution < -0.4 is 0 Å². The number of hydrogen-bond donors (Lipinski definition) is 4. The number of aliphatic hydroxyl groups is 2. The zero-order chi connectivity index (χ0) is 23.1. The van der Waals surface area contributed by atoms with Crippen LogP contribution in [0.2, 0.25) is 0 Å². The van der Waals surface area contributed by atoms with Crippen molar-refractivity contribution < 1.29 is 46.8 Å². The molecule has 0 heterocycles. The Morgan fingerprint density at radius 3 is 1.39 bits per heavy atom. The van der Waals surface area contributed by atoms with Gasteiger partial charge in [-0.1, -0.05) is 24.3 Å². The number of phenols is 2. The van der Waals surface area contributed by atoms with Gasteiger partial charge in [-0.05, 0) is 35.4 Å². The molecule has 31 heavy (non-hydrogen) atoms. The van der Waals surface area contributed by atoms with E-state index in [-0.39, 0.29) is 28.2 Å². The highest BCUT2D eigenvalue weighted by Gasteiger charge is 2.54. The van der Waals surface area contributed by atoms with E-state index < -0.39 is 47.0 Å². The summed E-state index contributed by atoms with van der Waals surface area (Å²) in [5.41, 5.74) is -5.07. The molecule has 2 aromatic rings. The van der Waals surface area contributed by atoms with Gasteiger partial charge in [0.05, 0.1) is 0 Å². The van der Waals surface area contributed by atoms with Gasteiger partial charge in [0.2, 0.25) is 0 Å². The number of alkyl halides is 6. The molecule has 0 aliphatic heterocycles. The molecule has 10 heteroatoms. The summed E-state index contributed by atoms with van der Waals surface area (Å²) < 4.78 is 79.7. The summed E-state index contributed by atoms with van der Waals surface area (Å²) in [7, 11) is 0. The fourth-order valence-corrected chi connectivity index (χ4v) is 3.31. The lowest BCUT2D eigenvalue weighted by Crippen LogP contribution is -2.29. The third kappa shape index (κ3) is 4.32. The van der Waals surface area contributed by atoms with Crippen molar-refractivity contribution in [2.24, 2.45) is 0 Å². The largest absolute Gasteiger partial charge is 0.511 e. The monoisotopic (exact) mass is 444 g/mol. The first-order valence-electron chi connectivity index (χ1n) is 8.63. The highest BCUT2D eigenvalue weighted by atomic mass is 19.4. The maximum Gasteiger partial charge on any atom is 0.421 e. The van der Waals surface area contributed by atoms with Crippen molar-refractivity contribution in [3.05, 3.63) is 82.3 Å². The van der Waals surface area contributed by atoms with Crippen LogP contribution in [0.5, 0.6) is 11.5 Å². The van der Waals surface area contributed by atoms with Crippen LogP contribution in [0.25, 0.3) is 11.1 Å². The number of aliphatic hydroxyl groups excluding tert-OH is 2. The van der Waals surface area contributed by atoms with Gasteiger partial charge in [0.15, 0.2) is 0 Å². The number of aromatic hydroxyl groups is 2. The van der Waals surface area contributed by atoms with Crippen molar-refractivity contribution in [1.82, 2.24) is 0 Å². The summed E-state index contributed by atoms with van der Waals surface area (Å²) in [6.07, 6.45) is -12.9. The minimum atomic E-state index is -5.85. The van der Waals surface area contributed by atoms with Gasteiger partial charge < -0.3 is 20.4 Å². The van der Waals surface area contributed by atoms with Gasteiger partial charge in [-0.15, -0.1) is 0 Å². The molecule has 0 aromatic heterocycles. The van der Waals surface area contributed by atoms with Crippen LogP contribution in [0.15, 0.2) is 71.2 Å². The molecule has 4 N–H and O–H groups in total. The zero-order valence-corrected chi connectivity index (χ0v) is 15.4. The van der Waals surface area contributed by atoms with Crippen LogP contribution in [-0.2, 0) is 0 Å². The first-order chi connectivity index (χ1) is 14.3. The lowest BCUT2D eigenvalue weighted by atomic mass is 9.81. The molecule has 3 rings (SSSR count). The van der Waals surface area contributed by atoms with Gasteiger partial charge in [-0.25, -0.2) is 0 Å². The maximum absolute atomic E-state index is 13.3. The molecule has 164 valence electrons. The van der Waals surface area contributed by atoms with Crippen molar-refractivity contribution in [3.63, 3.8) is 0 Å². The quantitative estimate of drug-likeness (QED) is 0.418. The first kappa shape index (κ1) is 22.1. The summed E-state index contributed by atoms with van der Waals surface area (Å²) in [5, 5.41) is 40.0. The Labute approximate surface area is 171 Å². The summed E-state index contributed by atoms with van der Waals surface area (Å²) in [4.78, 5) is 0. The minimum absolute atomic E-state index is 0.0502. The Kier molecular flexibility index (Phi) is 5.43. The predicted octanol–water partition coefficient (Wildman–Crippen LogP) is 6.16. The van der Waals surface area contributed by atoms with Crippen LogP contribution in [0.3, 0.4) is 0 Å². The van der Waals surface area contributed by atoms with E-state index in [1.165, 1.54) is 36.4 Å². The van der Waals surface area contributed by atoms with E-state index in [1.807, 2.05) is 0 Å². The van der Waals surface area contributed by atoms with Gasteiger partial charge in [0.1, 0.15) is 28.6 Å². The Bertz CT molecular complexity index is 1070. The van der Waals surface area contributed by atoms with Gasteiger partial charge in [-0.2, -0.15) is 26.3 Å². The second-order valence-electron chi connectivity index (χ2n) is 6.66. The lowest BCUT2D eigenvalue weighted by molar-refractivity contribution is -0.173. The van der Waals surface area contributed by atoms with Gasteiger partial charge in [0.25, 0.3) is 0 Å². The number of hydrogen-bond acceptors (Lipinski definition) is 4. The zero-order valence-electron chi connectivity index (χ0n) is 15.4. The third-order valence-electron chi connectivity index (χ3n) is 4.59. The number of benzene rings is 2. The van der Waals surface area contributed by atoms with Crippen LogP contribution >= 0.6 is 0 Å². The number of rotatable bonds is 2. The molecule has 0 atom stereocenters. The van der Waals surface area contributed by atoms with Crippen LogP contribution in [0.4, 0.5) is 26.3 Å². The third-order valence-corrected chi connectivity index (χ3v) is 4.59. The van der Waals surface area contributed by atoms with Gasteiger partial charge >= 0.3 is 12.4 Å². The van der Waals surface area contributed by atoms with E-state index >= 15 is 0 Å². The van der Waals surface area contributed by atoms with E-state index in [1.54, 1.807) is 0 Å². The Hall–Kier alpha value is -3.56. The smallest absolute Gasteiger partial charge is 0.421 e. The highest BCUT2D eigenvalue weighted by Crippen LogP contribution is 2.49. The average molecular weight is 444 g/mol. The van der Waals surface area contributed by atoms with Crippen LogP contribution in [-0.4, -0.2) is 32.8 Å².